The van der Waals surface area contributed by atoms with Crippen molar-refractivity contribution < 1.29 is 61.7 Å². The molecule has 0 aromatic heterocycles. The summed E-state index contributed by atoms with van der Waals surface area (Å²) in [6, 6.07) is 8.84. The monoisotopic (exact) mass is 618 g/mol. The van der Waals surface area contributed by atoms with E-state index in [9.17, 15) is 9.59 Å². The van der Waals surface area contributed by atoms with Crippen molar-refractivity contribution in [3.8, 4) is 0 Å². The molecule has 0 bridgehead atoms. The minimum absolute atomic E-state index is 0.199. The van der Waals surface area contributed by atoms with Gasteiger partial charge >= 0.3 is 11.9 Å². The maximum Gasteiger partial charge on any atom is 0.338 e. The molecular weight excluding hydrogens is 568 g/mol. The molecule has 1 rings (SSSR count). The fraction of sp³-hybridized carbons (Fsp3) is 0.733. The second-order valence-corrected chi connectivity index (χ2v) is 8.57. The lowest BCUT2D eigenvalue weighted by Crippen LogP contribution is -2.15. The standard InChI is InChI=1S/C30H50O13/c1-2-42-29(31)8-9-33-10-11-34-12-13-35-14-15-36-16-17-37-18-19-38-20-21-39-22-23-40-24-25-41-26-27-43-30(32)28-6-4-3-5-7-28/h3-7H,2,8-27H2,1H3. The van der Waals surface area contributed by atoms with Crippen LogP contribution >= 0.6 is 0 Å². The lowest BCUT2D eigenvalue weighted by atomic mass is 10.2. The lowest BCUT2D eigenvalue weighted by molar-refractivity contribution is -0.144. The van der Waals surface area contributed by atoms with E-state index in [4.69, 9.17) is 52.1 Å². The zero-order valence-corrected chi connectivity index (χ0v) is 25.5. The Morgan fingerprint density at radius 1 is 0.442 bits per heavy atom. The summed E-state index contributed by atoms with van der Waals surface area (Å²) in [5, 5.41) is 0. The summed E-state index contributed by atoms with van der Waals surface area (Å²) in [6.45, 7) is 10.5. The Morgan fingerprint density at radius 2 is 0.767 bits per heavy atom. The average molecular weight is 619 g/mol. The molecule has 1 aromatic carbocycles. The number of hydrogen-bond acceptors (Lipinski definition) is 13. The first-order chi connectivity index (χ1) is 21.2. The molecule has 13 heteroatoms. The number of carbonyl (C=O) groups excluding carboxylic acids is 2. The molecule has 0 aliphatic carbocycles. The summed E-state index contributed by atoms with van der Waals surface area (Å²) in [4.78, 5) is 22.9. The van der Waals surface area contributed by atoms with Gasteiger partial charge in [0, 0.05) is 0 Å². The second-order valence-electron chi connectivity index (χ2n) is 8.57. The summed E-state index contributed by atoms with van der Waals surface area (Å²) in [7, 11) is 0. The van der Waals surface area contributed by atoms with Crippen LogP contribution in [0.15, 0.2) is 30.3 Å². The number of benzene rings is 1. The van der Waals surface area contributed by atoms with E-state index >= 15 is 0 Å². The fourth-order valence-corrected chi connectivity index (χ4v) is 3.10. The summed E-state index contributed by atoms with van der Waals surface area (Å²) in [6.07, 6.45) is 0.253. The number of carbonyl (C=O) groups is 2. The van der Waals surface area contributed by atoms with Gasteiger partial charge in [0.1, 0.15) is 6.61 Å². The molecule has 1 aromatic rings. The third-order valence-electron chi connectivity index (χ3n) is 5.20. The smallest absolute Gasteiger partial charge is 0.338 e. The maximum absolute atomic E-state index is 11.8. The van der Waals surface area contributed by atoms with Crippen LogP contribution in [0.25, 0.3) is 0 Å². The third kappa shape index (κ3) is 27.1. The van der Waals surface area contributed by atoms with Crippen molar-refractivity contribution in [2.45, 2.75) is 13.3 Å². The first-order valence-corrected chi connectivity index (χ1v) is 14.8. The van der Waals surface area contributed by atoms with Gasteiger partial charge in [0.2, 0.25) is 0 Å². The van der Waals surface area contributed by atoms with E-state index in [0.29, 0.717) is 131 Å². The molecule has 43 heavy (non-hydrogen) atoms. The first-order valence-electron chi connectivity index (χ1n) is 14.8. The van der Waals surface area contributed by atoms with E-state index in [2.05, 4.69) is 0 Å². The number of ether oxygens (including phenoxy) is 11. The Kier molecular flexibility index (Phi) is 28.2. The van der Waals surface area contributed by atoms with Crippen molar-refractivity contribution in [2.24, 2.45) is 0 Å². The van der Waals surface area contributed by atoms with Crippen molar-refractivity contribution in [1.29, 1.82) is 0 Å². The molecule has 0 spiro atoms. The number of hydrogen-bond donors (Lipinski definition) is 0. The van der Waals surface area contributed by atoms with Gasteiger partial charge < -0.3 is 52.1 Å². The highest BCUT2D eigenvalue weighted by atomic mass is 16.6. The van der Waals surface area contributed by atoms with E-state index in [1.165, 1.54) is 0 Å². The first kappa shape index (κ1) is 38.8. The molecule has 248 valence electrons. The van der Waals surface area contributed by atoms with Gasteiger partial charge in [0.15, 0.2) is 0 Å². The molecule has 0 amide bonds. The number of rotatable bonds is 32. The van der Waals surface area contributed by atoms with E-state index in [0.717, 1.165) is 0 Å². The molecule has 0 radical (unpaired) electrons. The predicted octanol–water partition coefficient (Wildman–Crippen LogP) is 1.95. The molecule has 0 atom stereocenters. The van der Waals surface area contributed by atoms with Gasteiger partial charge in [0.25, 0.3) is 0 Å². The molecule has 0 aliphatic rings. The SMILES string of the molecule is CCOC(=O)CCOCCOCCOCCOCCOCCOCCOCCOCCOCCOC(=O)c1ccccc1. The van der Waals surface area contributed by atoms with Crippen molar-refractivity contribution in [2.75, 3.05) is 132 Å². The normalized spacial score (nSPS) is 11.1. The van der Waals surface area contributed by atoms with Gasteiger partial charge in [-0.05, 0) is 19.1 Å². The summed E-state index contributed by atoms with van der Waals surface area (Å²) in [5.74, 6) is -0.614. The molecule has 0 fully saturated rings. The molecule has 0 heterocycles. The van der Waals surface area contributed by atoms with Crippen molar-refractivity contribution in [1.82, 2.24) is 0 Å². The Labute approximate surface area is 255 Å². The van der Waals surface area contributed by atoms with Gasteiger partial charge in [-0.1, -0.05) is 18.2 Å². The third-order valence-corrected chi connectivity index (χ3v) is 5.20. The van der Waals surface area contributed by atoms with Crippen LogP contribution in [0, 0.1) is 0 Å². The van der Waals surface area contributed by atoms with Crippen molar-refractivity contribution in [3.05, 3.63) is 35.9 Å². The second kappa shape index (κ2) is 31.2. The van der Waals surface area contributed by atoms with Crippen LogP contribution in [0.1, 0.15) is 23.7 Å². The van der Waals surface area contributed by atoms with Crippen LogP contribution < -0.4 is 0 Å². The van der Waals surface area contributed by atoms with Crippen molar-refractivity contribution in [3.63, 3.8) is 0 Å². The summed E-state index contributed by atoms with van der Waals surface area (Å²) >= 11 is 0. The summed E-state index contributed by atoms with van der Waals surface area (Å²) in [5.41, 5.74) is 0.522. The Morgan fingerprint density at radius 3 is 1.12 bits per heavy atom. The van der Waals surface area contributed by atoms with Crippen LogP contribution in [0.2, 0.25) is 0 Å². The van der Waals surface area contributed by atoms with Gasteiger partial charge in [-0.15, -0.1) is 0 Å². The van der Waals surface area contributed by atoms with Gasteiger partial charge in [-0.2, -0.15) is 0 Å². The minimum atomic E-state index is -0.359. The minimum Gasteiger partial charge on any atom is -0.466 e. The van der Waals surface area contributed by atoms with Gasteiger partial charge in [0.05, 0.1) is 138 Å². The Bertz CT molecular complexity index is 751. The highest BCUT2D eigenvalue weighted by Crippen LogP contribution is 2.00. The molecule has 0 saturated heterocycles. The largest absolute Gasteiger partial charge is 0.466 e. The zero-order chi connectivity index (χ0) is 30.9. The molecule has 0 saturated carbocycles. The van der Waals surface area contributed by atoms with Gasteiger partial charge in [-0.25, -0.2) is 4.79 Å². The van der Waals surface area contributed by atoms with E-state index in [1.807, 2.05) is 6.07 Å². The van der Waals surface area contributed by atoms with E-state index in [-0.39, 0.29) is 25.0 Å². The zero-order valence-electron chi connectivity index (χ0n) is 25.5. The lowest BCUT2D eigenvalue weighted by Gasteiger charge is -2.09. The topological polar surface area (TPSA) is 136 Å². The van der Waals surface area contributed by atoms with Crippen molar-refractivity contribution >= 4 is 11.9 Å². The molecular formula is C30H50O13. The Balaban J connectivity index is 1.65. The van der Waals surface area contributed by atoms with Crippen LogP contribution in [-0.2, 0) is 56.9 Å². The quantitative estimate of drug-likeness (QED) is 0.0860. The molecule has 13 nitrogen and oxygen atoms in total. The van der Waals surface area contributed by atoms with Crippen LogP contribution in [0.4, 0.5) is 0 Å². The maximum atomic E-state index is 11.8. The Hall–Kier alpha value is -2.20. The van der Waals surface area contributed by atoms with Crippen LogP contribution in [0.5, 0.6) is 0 Å². The highest BCUT2D eigenvalue weighted by Gasteiger charge is 2.05. The molecule has 0 N–H and O–H groups in total. The van der Waals surface area contributed by atoms with E-state index < -0.39 is 0 Å². The van der Waals surface area contributed by atoms with Gasteiger partial charge in [-0.3, -0.25) is 4.79 Å². The average Bonchev–Trinajstić information content (AvgIpc) is 3.02. The fourth-order valence-electron chi connectivity index (χ4n) is 3.10. The van der Waals surface area contributed by atoms with E-state index in [1.54, 1.807) is 31.2 Å². The molecule has 0 unspecified atom stereocenters. The van der Waals surface area contributed by atoms with Crippen LogP contribution in [0.3, 0.4) is 0 Å². The molecule has 0 aliphatic heterocycles. The van der Waals surface area contributed by atoms with Crippen LogP contribution in [-0.4, -0.2) is 144 Å². The number of esters is 2. The summed E-state index contributed by atoms with van der Waals surface area (Å²) < 4.78 is 58.6. The predicted molar refractivity (Wildman–Crippen MR) is 155 cm³/mol. The highest BCUT2D eigenvalue weighted by molar-refractivity contribution is 5.89.